The molecule has 0 spiro atoms. The van der Waals surface area contributed by atoms with Crippen LogP contribution in [0.15, 0.2) is 61.2 Å². The number of aromatic nitrogens is 2. The van der Waals surface area contributed by atoms with Gasteiger partial charge in [0.05, 0.1) is 12.9 Å². The molecule has 28 heavy (non-hydrogen) atoms. The van der Waals surface area contributed by atoms with Crippen molar-refractivity contribution < 1.29 is 0 Å². The molecule has 3 rings (SSSR count). The smallest absolute Gasteiger partial charge is 0.104 e. The van der Waals surface area contributed by atoms with Crippen LogP contribution in [-0.2, 0) is 10.6 Å². The van der Waals surface area contributed by atoms with Crippen LogP contribution in [0.2, 0.25) is 0 Å². The molecule has 2 nitrogen and oxygen atoms in total. The molecule has 1 aromatic heterocycles. The molecule has 2 aromatic carbocycles. The van der Waals surface area contributed by atoms with Crippen LogP contribution in [0.25, 0.3) is 10.8 Å². The van der Waals surface area contributed by atoms with Crippen molar-refractivity contribution in [3.05, 3.63) is 66.7 Å². The third-order valence-corrected chi connectivity index (χ3v) is 8.47. The summed E-state index contributed by atoms with van der Waals surface area (Å²) >= 11 is 4.19. The number of fused-ring (bicyclic) bond motifs is 1. The number of thioether (sulfide) groups is 2. The second-order valence-corrected chi connectivity index (χ2v) is 10.9. The van der Waals surface area contributed by atoms with Gasteiger partial charge in [-0.1, -0.05) is 64.1 Å². The number of nitrogens with zero attached hydrogens (tertiary/aromatic N) is 2. The number of hydrogen-bond donors (Lipinski definition) is 0. The standard InChI is InChI=1S/C23H30N2S2.ClH/c1-18(2)14-26-23(27-15-19(3)4,16-25-12-11-24-17-25)22-10-9-20-7-5-6-8-21(20)13-22;/h5-13,17-19H,14-16H2,1-4H3;1H. The Labute approximate surface area is 184 Å². The normalized spacial score (nSPS) is 11.9. The van der Waals surface area contributed by atoms with Gasteiger partial charge in [0.15, 0.2) is 0 Å². The largest absolute Gasteiger partial charge is 0.335 e. The van der Waals surface area contributed by atoms with E-state index in [2.05, 4.69) is 109 Å². The predicted molar refractivity (Wildman–Crippen MR) is 130 cm³/mol. The van der Waals surface area contributed by atoms with Crippen LogP contribution in [0.5, 0.6) is 0 Å². The van der Waals surface area contributed by atoms with Gasteiger partial charge < -0.3 is 4.57 Å². The first-order chi connectivity index (χ1) is 13.0. The van der Waals surface area contributed by atoms with Gasteiger partial charge in [0.2, 0.25) is 0 Å². The van der Waals surface area contributed by atoms with E-state index in [9.17, 15) is 0 Å². The maximum atomic E-state index is 4.28. The van der Waals surface area contributed by atoms with Crippen molar-refractivity contribution in [1.29, 1.82) is 0 Å². The maximum absolute atomic E-state index is 4.28. The average Bonchev–Trinajstić information content (AvgIpc) is 3.16. The molecule has 0 radical (unpaired) electrons. The Morgan fingerprint density at radius 1 is 0.929 bits per heavy atom. The summed E-state index contributed by atoms with van der Waals surface area (Å²) in [5.74, 6) is 3.62. The Morgan fingerprint density at radius 3 is 2.14 bits per heavy atom. The zero-order valence-electron chi connectivity index (χ0n) is 17.2. The molecular weight excluding hydrogens is 404 g/mol. The van der Waals surface area contributed by atoms with E-state index in [0.29, 0.717) is 11.8 Å². The quantitative estimate of drug-likeness (QED) is 0.335. The summed E-state index contributed by atoms with van der Waals surface area (Å²) in [4.78, 5) is 4.28. The minimum atomic E-state index is -0.0146. The monoisotopic (exact) mass is 434 g/mol. The predicted octanol–water partition coefficient (Wildman–Crippen LogP) is 7.09. The molecule has 0 aliphatic rings. The Morgan fingerprint density at radius 2 is 1.57 bits per heavy atom. The van der Waals surface area contributed by atoms with E-state index in [1.807, 2.05) is 12.5 Å². The molecule has 0 fully saturated rings. The molecule has 152 valence electrons. The van der Waals surface area contributed by atoms with Gasteiger partial charge in [-0.15, -0.1) is 35.9 Å². The highest BCUT2D eigenvalue weighted by Crippen LogP contribution is 2.49. The lowest BCUT2D eigenvalue weighted by Crippen LogP contribution is -2.27. The fourth-order valence-corrected chi connectivity index (χ4v) is 6.06. The molecular formula is C23H31ClN2S2. The van der Waals surface area contributed by atoms with Crippen LogP contribution in [-0.4, -0.2) is 21.1 Å². The van der Waals surface area contributed by atoms with E-state index in [-0.39, 0.29) is 16.5 Å². The van der Waals surface area contributed by atoms with E-state index in [0.717, 1.165) is 18.1 Å². The molecule has 1 heterocycles. The summed E-state index contributed by atoms with van der Waals surface area (Å²) in [7, 11) is 0. The second-order valence-electron chi connectivity index (χ2n) is 7.96. The topological polar surface area (TPSA) is 17.8 Å². The Bertz CT molecular complexity index is 835. The highest BCUT2D eigenvalue weighted by molar-refractivity contribution is 8.17. The minimum absolute atomic E-state index is 0. The maximum Gasteiger partial charge on any atom is 0.104 e. The van der Waals surface area contributed by atoms with E-state index in [1.54, 1.807) is 0 Å². The van der Waals surface area contributed by atoms with Gasteiger partial charge in [-0.25, -0.2) is 4.98 Å². The number of halogens is 1. The zero-order valence-corrected chi connectivity index (χ0v) is 19.6. The number of hydrogen-bond acceptors (Lipinski definition) is 3. The van der Waals surface area contributed by atoms with Crippen molar-refractivity contribution >= 4 is 46.7 Å². The highest BCUT2D eigenvalue weighted by Gasteiger charge is 2.34. The highest BCUT2D eigenvalue weighted by atomic mass is 35.5. The van der Waals surface area contributed by atoms with Crippen molar-refractivity contribution in [2.24, 2.45) is 11.8 Å². The lowest BCUT2D eigenvalue weighted by Gasteiger charge is -2.35. The first-order valence-electron chi connectivity index (χ1n) is 9.71. The first kappa shape index (κ1) is 23.2. The van der Waals surface area contributed by atoms with Crippen LogP contribution in [0, 0.1) is 11.8 Å². The van der Waals surface area contributed by atoms with E-state index < -0.39 is 0 Å². The second kappa shape index (κ2) is 10.6. The lowest BCUT2D eigenvalue weighted by atomic mass is 10.0. The van der Waals surface area contributed by atoms with Gasteiger partial charge in [0, 0.05) is 12.4 Å². The minimum Gasteiger partial charge on any atom is -0.335 e. The Hall–Kier alpha value is -1.10. The van der Waals surface area contributed by atoms with Gasteiger partial charge in [0.25, 0.3) is 0 Å². The molecule has 0 N–H and O–H groups in total. The Balaban J connectivity index is 0.00000280. The van der Waals surface area contributed by atoms with Crippen molar-refractivity contribution in [3.63, 3.8) is 0 Å². The molecule has 0 saturated carbocycles. The van der Waals surface area contributed by atoms with Gasteiger partial charge in [0.1, 0.15) is 4.08 Å². The Kier molecular flexibility index (Phi) is 8.79. The van der Waals surface area contributed by atoms with Crippen LogP contribution < -0.4 is 0 Å². The third-order valence-electron chi connectivity index (χ3n) is 4.44. The average molecular weight is 435 g/mol. The lowest BCUT2D eigenvalue weighted by molar-refractivity contribution is 0.640. The van der Waals surface area contributed by atoms with Crippen LogP contribution in [0.3, 0.4) is 0 Å². The number of imidazole rings is 1. The van der Waals surface area contributed by atoms with Crippen LogP contribution >= 0.6 is 35.9 Å². The molecule has 0 aliphatic carbocycles. The third kappa shape index (κ3) is 5.95. The van der Waals surface area contributed by atoms with Crippen LogP contribution in [0.4, 0.5) is 0 Å². The molecule has 0 aliphatic heterocycles. The fourth-order valence-electron chi connectivity index (χ4n) is 3.04. The van der Waals surface area contributed by atoms with Crippen molar-refractivity contribution in [2.75, 3.05) is 11.5 Å². The van der Waals surface area contributed by atoms with Gasteiger partial charge in [-0.05, 0) is 45.7 Å². The summed E-state index contributed by atoms with van der Waals surface area (Å²) in [6.07, 6.45) is 5.91. The zero-order chi connectivity index (χ0) is 19.3. The molecule has 0 atom stereocenters. The SMILES string of the molecule is CC(C)CSC(Cn1ccnc1)(SCC(C)C)c1ccc2ccccc2c1.Cl. The molecule has 0 saturated heterocycles. The van der Waals surface area contributed by atoms with Crippen molar-refractivity contribution in [1.82, 2.24) is 9.55 Å². The number of rotatable bonds is 9. The molecule has 5 heteroatoms. The summed E-state index contributed by atoms with van der Waals surface area (Å²) in [6, 6.07) is 15.7. The van der Waals surface area contributed by atoms with Crippen LogP contribution in [0.1, 0.15) is 33.3 Å². The molecule has 0 bridgehead atoms. The van der Waals surface area contributed by atoms with Crippen molar-refractivity contribution in [2.45, 2.75) is 38.3 Å². The number of benzene rings is 2. The summed E-state index contributed by atoms with van der Waals surface area (Å²) in [6.45, 7) is 10.2. The van der Waals surface area contributed by atoms with Crippen molar-refractivity contribution in [3.8, 4) is 0 Å². The van der Waals surface area contributed by atoms with Gasteiger partial charge >= 0.3 is 0 Å². The fraction of sp³-hybridized carbons (Fsp3) is 0.435. The summed E-state index contributed by atoms with van der Waals surface area (Å²) in [5.41, 5.74) is 1.41. The molecule has 0 unspecified atom stereocenters. The summed E-state index contributed by atoms with van der Waals surface area (Å²) < 4.78 is 2.22. The van der Waals surface area contributed by atoms with Gasteiger partial charge in [-0.3, -0.25) is 0 Å². The first-order valence-corrected chi connectivity index (χ1v) is 11.7. The van der Waals surface area contributed by atoms with Gasteiger partial charge in [-0.2, -0.15) is 0 Å². The molecule has 3 aromatic rings. The van der Waals surface area contributed by atoms with E-state index >= 15 is 0 Å². The molecule has 0 amide bonds. The summed E-state index contributed by atoms with van der Waals surface area (Å²) in [5, 5.41) is 2.63. The van der Waals surface area contributed by atoms with E-state index in [4.69, 9.17) is 0 Å². The van der Waals surface area contributed by atoms with E-state index in [1.165, 1.54) is 16.3 Å².